The zero-order chi connectivity index (χ0) is 7.61. The van der Waals surface area contributed by atoms with Gasteiger partial charge in [0.1, 0.15) is 0 Å². The third-order valence-corrected chi connectivity index (χ3v) is 1.20. The summed E-state index contributed by atoms with van der Waals surface area (Å²) in [6.45, 7) is 0. The Kier molecular flexibility index (Phi) is 1.76. The molecule has 0 spiro atoms. The maximum absolute atomic E-state index is 10.6. The molecule has 0 unspecified atom stereocenters. The number of rotatable bonds is 2. The van der Waals surface area contributed by atoms with E-state index in [0.29, 0.717) is 0 Å². The normalized spacial score (nSPS) is 11.4. The first-order valence-corrected chi connectivity index (χ1v) is 4.20. The standard InChI is InChI=1S/C3H7N4O2P/c4-10(5,8)9-3-1-2-6-7-3/h1-2H,(H,6,7)(H4,4,5,8). The minimum Gasteiger partial charge on any atom is -0.404 e. The van der Waals surface area contributed by atoms with Gasteiger partial charge in [-0.05, 0) is 0 Å². The van der Waals surface area contributed by atoms with Crippen molar-refractivity contribution in [2.45, 2.75) is 0 Å². The second-order valence-electron chi connectivity index (χ2n) is 1.66. The predicted molar refractivity (Wildman–Crippen MR) is 35.2 cm³/mol. The lowest BCUT2D eigenvalue weighted by atomic mass is 10.7. The Bertz CT molecular complexity index is 239. The SMILES string of the molecule is NP(N)(=O)Oc1ccn[nH]1. The topological polar surface area (TPSA) is 107 Å². The number of nitrogens with zero attached hydrogens (tertiary/aromatic N) is 1. The Balaban J connectivity index is 2.66. The summed E-state index contributed by atoms with van der Waals surface area (Å²) in [5.41, 5.74) is 9.78. The van der Waals surface area contributed by atoms with Crippen LogP contribution in [0.25, 0.3) is 0 Å². The molecule has 56 valence electrons. The first kappa shape index (κ1) is 7.27. The highest BCUT2D eigenvalue weighted by atomic mass is 31.2. The van der Waals surface area contributed by atoms with Gasteiger partial charge in [0.15, 0.2) is 0 Å². The number of nitrogens with two attached hydrogens (primary N) is 2. The van der Waals surface area contributed by atoms with E-state index in [0.717, 1.165) is 0 Å². The van der Waals surface area contributed by atoms with Gasteiger partial charge in [0.2, 0.25) is 5.88 Å². The van der Waals surface area contributed by atoms with Crippen LogP contribution in [0.15, 0.2) is 12.3 Å². The van der Waals surface area contributed by atoms with E-state index in [-0.39, 0.29) is 5.88 Å². The van der Waals surface area contributed by atoms with Crippen molar-refractivity contribution in [1.29, 1.82) is 0 Å². The lowest BCUT2D eigenvalue weighted by Gasteiger charge is -2.04. The number of hydrogen-bond acceptors (Lipinski definition) is 3. The molecule has 1 aromatic heterocycles. The molecule has 0 radical (unpaired) electrons. The molecule has 0 bridgehead atoms. The van der Waals surface area contributed by atoms with Crippen LogP contribution in [-0.4, -0.2) is 10.2 Å². The van der Waals surface area contributed by atoms with Crippen LogP contribution in [0, 0.1) is 0 Å². The van der Waals surface area contributed by atoms with E-state index in [1.54, 1.807) is 0 Å². The molecule has 10 heavy (non-hydrogen) atoms. The van der Waals surface area contributed by atoms with Crippen LogP contribution in [0.5, 0.6) is 5.88 Å². The van der Waals surface area contributed by atoms with Crippen LogP contribution in [0.2, 0.25) is 0 Å². The molecule has 0 aromatic carbocycles. The molecule has 0 aliphatic rings. The summed E-state index contributed by atoms with van der Waals surface area (Å²) in [6, 6.07) is 1.46. The molecular weight excluding hydrogens is 155 g/mol. The molecule has 6 nitrogen and oxygen atoms in total. The molecule has 1 aromatic rings. The zero-order valence-electron chi connectivity index (χ0n) is 5.02. The Morgan fingerprint density at radius 1 is 1.70 bits per heavy atom. The molecular formula is C3H7N4O2P. The summed E-state index contributed by atoms with van der Waals surface area (Å²) in [5, 5.41) is 5.91. The third kappa shape index (κ3) is 2.18. The molecule has 0 atom stereocenters. The second-order valence-corrected chi connectivity index (χ2v) is 3.13. The number of hydrogen-bond donors (Lipinski definition) is 3. The molecule has 0 aliphatic carbocycles. The van der Waals surface area contributed by atoms with Crippen molar-refractivity contribution < 1.29 is 9.09 Å². The largest absolute Gasteiger partial charge is 0.404 e. The van der Waals surface area contributed by atoms with Gasteiger partial charge in [-0.1, -0.05) is 0 Å². The van der Waals surface area contributed by atoms with E-state index < -0.39 is 7.67 Å². The number of nitrogens with one attached hydrogen (secondary N) is 1. The maximum Gasteiger partial charge on any atom is 0.386 e. The highest BCUT2D eigenvalue weighted by Crippen LogP contribution is 2.27. The molecule has 1 heterocycles. The molecule has 0 saturated carbocycles. The van der Waals surface area contributed by atoms with Gasteiger partial charge in [-0.3, -0.25) is 0 Å². The average molecular weight is 162 g/mol. The van der Waals surface area contributed by atoms with Crippen molar-refractivity contribution in [3.05, 3.63) is 12.3 Å². The van der Waals surface area contributed by atoms with E-state index in [4.69, 9.17) is 11.0 Å². The van der Waals surface area contributed by atoms with Crippen molar-refractivity contribution in [3.8, 4) is 5.88 Å². The van der Waals surface area contributed by atoms with Gasteiger partial charge in [-0.2, -0.15) is 5.10 Å². The highest BCUT2D eigenvalue weighted by Gasteiger charge is 2.10. The van der Waals surface area contributed by atoms with Crippen LogP contribution in [0.1, 0.15) is 0 Å². The molecule has 0 amide bonds. The summed E-state index contributed by atoms with van der Waals surface area (Å²) in [4.78, 5) is 0. The highest BCUT2D eigenvalue weighted by molar-refractivity contribution is 7.54. The van der Waals surface area contributed by atoms with E-state index >= 15 is 0 Å². The van der Waals surface area contributed by atoms with Crippen molar-refractivity contribution in [2.75, 3.05) is 0 Å². The fourth-order valence-corrected chi connectivity index (χ4v) is 0.857. The minimum absolute atomic E-state index is 0.202. The third-order valence-electron chi connectivity index (χ3n) is 0.716. The molecule has 5 N–H and O–H groups in total. The average Bonchev–Trinajstić information content (AvgIpc) is 2.12. The minimum atomic E-state index is -3.43. The van der Waals surface area contributed by atoms with Gasteiger partial charge in [-0.15, -0.1) is 0 Å². The summed E-state index contributed by atoms with van der Waals surface area (Å²) in [5.74, 6) is 0.202. The van der Waals surface area contributed by atoms with Crippen LogP contribution in [0.3, 0.4) is 0 Å². The molecule has 7 heteroatoms. The monoisotopic (exact) mass is 162 g/mol. The second kappa shape index (κ2) is 2.42. The van der Waals surface area contributed by atoms with Crippen LogP contribution >= 0.6 is 7.67 Å². The lowest BCUT2D eigenvalue weighted by Crippen LogP contribution is -2.10. The van der Waals surface area contributed by atoms with Crippen LogP contribution < -0.4 is 15.5 Å². The fraction of sp³-hybridized carbons (Fsp3) is 0. The van der Waals surface area contributed by atoms with E-state index in [9.17, 15) is 4.57 Å². The first-order chi connectivity index (χ1) is 4.58. The molecule has 1 rings (SSSR count). The molecule has 0 aliphatic heterocycles. The zero-order valence-corrected chi connectivity index (χ0v) is 5.91. The summed E-state index contributed by atoms with van der Waals surface area (Å²) in [7, 11) is -3.43. The Morgan fingerprint density at radius 3 is 2.80 bits per heavy atom. The van der Waals surface area contributed by atoms with Gasteiger partial charge in [0.05, 0.1) is 6.20 Å². The molecule has 0 saturated heterocycles. The van der Waals surface area contributed by atoms with Crippen molar-refractivity contribution in [3.63, 3.8) is 0 Å². The predicted octanol–water partition coefficient (Wildman–Crippen LogP) is -0.186. The van der Waals surface area contributed by atoms with Gasteiger partial charge < -0.3 is 4.52 Å². The number of aromatic amines is 1. The number of H-pyrrole nitrogens is 1. The summed E-state index contributed by atoms with van der Waals surface area (Å²) in [6.07, 6.45) is 1.44. The van der Waals surface area contributed by atoms with E-state index in [2.05, 4.69) is 14.7 Å². The maximum atomic E-state index is 10.6. The Hall–Kier alpha value is -0.840. The van der Waals surface area contributed by atoms with Crippen LogP contribution in [0.4, 0.5) is 0 Å². The van der Waals surface area contributed by atoms with Crippen molar-refractivity contribution in [2.24, 2.45) is 11.0 Å². The van der Waals surface area contributed by atoms with Gasteiger partial charge in [0, 0.05) is 6.07 Å². The van der Waals surface area contributed by atoms with E-state index in [1.807, 2.05) is 0 Å². The first-order valence-electron chi connectivity index (χ1n) is 2.44. The fourth-order valence-electron chi connectivity index (χ4n) is 0.448. The quantitative estimate of drug-likeness (QED) is 0.522. The van der Waals surface area contributed by atoms with Gasteiger partial charge in [-0.25, -0.2) is 20.7 Å². The van der Waals surface area contributed by atoms with Crippen molar-refractivity contribution in [1.82, 2.24) is 10.2 Å². The smallest absolute Gasteiger partial charge is 0.386 e. The summed E-state index contributed by atoms with van der Waals surface area (Å²) < 4.78 is 15.1. The van der Waals surface area contributed by atoms with Crippen molar-refractivity contribution >= 4 is 7.67 Å². The summed E-state index contributed by atoms with van der Waals surface area (Å²) >= 11 is 0. The van der Waals surface area contributed by atoms with Gasteiger partial charge in [0.25, 0.3) is 0 Å². The number of aromatic nitrogens is 2. The molecule has 0 fully saturated rings. The Morgan fingerprint density at radius 2 is 2.40 bits per heavy atom. The lowest BCUT2D eigenvalue weighted by molar-refractivity contribution is 0.473. The van der Waals surface area contributed by atoms with E-state index in [1.165, 1.54) is 12.3 Å². The Labute approximate surface area is 57.1 Å². The van der Waals surface area contributed by atoms with Gasteiger partial charge >= 0.3 is 7.67 Å². The van der Waals surface area contributed by atoms with Crippen LogP contribution in [-0.2, 0) is 4.57 Å².